The molecule has 0 aromatic heterocycles. The fraction of sp³-hybridized carbons (Fsp3) is 0.875. The van der Waals surface area contributed by atoms with Crippen molar-refractivity contribution in [1.29, 1.82) is 0 Å². The van der Waals surface area contributed by atoms with Crippen molar-refractivity contribution in [3.63, 3.8) is 0 Å². The molecule has 1 nitrogen and oxygen atoms in total. The van der Waals surface area contributed by atoms with Gasteiger partial charge in [0.05, 0.1) is 0 Å². The summed E-state index contributed by atoms with van der Waals surface area (Å²) in [7, 11) is 0. The molecule has 9 heavy (non-hydrogen) atoms. The highest BCUT2D eigenvalue weighted by Crippen LogP contribution is 2.27. The van der Waals surface area contributed by atoms with Crippen molar-refractivity contribution in [1.82, 2.24) is 0 Å². The topological polar surface area (TPSA) is 17.1 Å². The molecule has 52 valence electrons. The Hall–Kier alpha value is -0.330. The van der Waals surface area contributed by atoms with E-state index < -0.39 is 0 Å². The maximum absolute atomic E-state index is 11.0. The molecule has 1 aliphatic rings. The van der Waals surface area contributed by atoms with Gasteiger partial charge in [-0.25, -0.2) is 0 Å². The van der Waals surface area contributed by atoms with Crippen LogP contribution in [0, 0.1) is 11.8 Å². The smallest absolute Gasteiger partial charge is 0.136 e. The third-order valence-electron chi connectivity index (χ3n) is 2.16. The Bertz CT molecular complexity index is 116. The van der Waals surface area contributed by atoms with Gasteiger partial charge in [0.15, 0.2) is 0 Å². The van der Waals surface area contributed by atoms with Gasteiger partial charge in [0.1, 0.15) is 5.78 Å². The van der Waals surface area contributed by atoms with Gasteiger partial charge in [-0.2, -0.15) is 0 Å². The zero-order chi connectivity index (χ0) is 6.85. The lowest BCUT2D eigenvalue weighted by molar-refractivity contribution is -0.121. The van der Waals surface area contributed by atoms with Crippen molar-refractivity contribution in [2.24, 2.45) is 11.8 Å². The summed E-state index contributed by atoms with van der Waals surface area (Å²) in [4.78, 5) is 11.0. The molecule has 0 heterocycles. The molecule has 0 amide bonds. The lowest BCUT2D eigenvalue weighted by atomic mass is 9.94. The molecule has 0 aliphatic heterocycles. The summed E-state index contributed by atoms with van der Waals surface area (Å²) < 4.78 is 0. The summed E-state index contributed by atoms with van der Waals surface area (Å²) in [5, 5.41) is 0. The zero-order valence-corrected chi connectivity index (χ0v) is 6.18. The number of hydrogen-bond acceptors (Lipinski definition) is 1. The van der Waals surface area contributed by atoms with E-state index in [-0.39, 0.29) is 0 Å². The molecule has 0 spiro atoms. The van der Waals surface area contributed by atoms with Crippen molar-refractivity contribution in [3.8, 4) is 0 Å². The fourth-order valence-electron chi connectivity index (χ4n) is 1.55. The van der Waals surface area contributed by atoms with E-state index in [2.05, 4.69) is 13.8 Å². The lowest BCUT2D eigenvalue weighted by Crippen LogP contribution is -2.12. The Balaban J connectivity index is 2.49. The Morgan fingerprint density at radius 3 is 2.44 bits per heavy atom. The minimum absolute atomic E-state index is 0.394. The Labute approximate surface area is 56.4 Å². The molecule has 1 fully saturated rings. The van der Waals surface area contributed by atoms with Crippen LogP contribution in [-0.2, 0) is 4.79 Å². The minimum Gasteiger partial charge on any atom is -0.299 e. The number of carbonyl (C=O) groups excluding carboxylic acids is 1. The third-order valence-corrected chi connectivity index (χ3v) is 2.16. The van der Waals surface area contributed by atoms with Crippen LogP contribution >= 0.6 is 0 Å². The molecular formula is C8H14O. The van der Waals surface area contributed by atoms with Crippen molar-refractivity contribution < 1.29 is 4.79 Å². The van der Waals surface area contributed by atoms with E-state index >= 15 is 0 Å². The second-order valence-electron chi connectivity index (χ2n) is 3.21. The molecule has 0 unspecified atom stereocenters. The van der Waals surface area contributed by atoms with E-state index in [9.17, 15) is 4.79 Å². The summed E-state index contributed by atoms with van der Waals surface area (Å²) in [5.74, 6) is 1.45. The van der Waals surface area contributed by atoms with Gasteiger partial charge in [0.2, 0.25) is 0 Å². The molecule has 0 saturated heterocycles. The number of carbonyl (C=O) groups is 1. The van der Waals surface area contributed by atoms with Crippen molar-refractivity contribution in [2.45, 2.75) is 33.1 Å². The molecule has 0 aromatic rings. The number of Topliss-reactive ketones (excluding diaryl/α,β-unsaturated/α-hetero) is 1. The van der Waals surface area contributed by atoms with E-state index in [1.165, 1.54) is 0 Å². The molecule has 0 radical (unpaired) electrons. The van der Waals surface area contributed by atoms with Crippen LogP contribution in [0.15, 0.2) is 0 Å². The molecule has 1 atom stereocenters. The van der Waals surface area contributed by atoms with Crippen molar-refractivity contribution >= 4 is 5.78 Å². The Morgan fingerprint density at radius 1 is 1.56 bits per heavy atom. The quantitative estimate of drug-likeness (QED) is 0.525. The number of rotatable bonds is 1. The highest BCUT2D eigenvalue weighted by atomic mass is 16.1. The normalized spacial score (nSPS) is 27.9. The van der Waals surface area contributed by atoms with Crippen LogP contribution in [0.1, 0.15) is 33.1 Å². The first-order valence-electron chi connectivity index (χ1n) is 3.74. The monoisotopic (exact) mass is 126 g/mol. The number of hydrogen-bond donors (Lipinski definition) is 0. The van der Waals surface area contributed by atoms with Gasteiger partial charge in [0.25, 0.3) is 0 Å². The van der Waals surface area contributed by atoms with E-state index in [1.54, 1.807) is 0 Å². The zero-order valence-electron chi connectivity index (χ0n) is 6.18. The first-order valence-corrected chi connectivity index (χ1v) is 3.74. The first kappa shape index (κ1) is 6.79. The standard InChI is InChI=1S/C8H14O/c1-6(2)7-4-3-5-8(7)9/h6-7H,3-5H2,1-2H3/t7-/m1/s1. The molecule has 0 N–H and O–H groups in total. The van der Waals surface area contributed by atoms with Gasteiger partial charge in [-0.15, -0.1) is 0 Å². The third kappa shape index (κ3) is 1.32. The van der Waals surface area contributed by atoms with Gasteiger partial charge in [-0.05, 0) is 18.8 Å². The highest BCUT2D eigenvalue weighted by Gasteiger charge is 2.26. The maximum Gasteiger partial charge on any atom is 0.136 e. The molecule has 0 bridgehead atoms. The summed E-state index contributed by atoms with van der Waals surface area (Å²) in [6.45, 7) is 4.27. The molecule has 1 saturated carbocycles. The molecular weight excluding hydrogens is 112 g/mol. The second kappa shape index (κ2) is 2.51. The molecule has 1 aliphatic carbocycles. The molecule has 1 rings (SSSR count). The summed E-state index contributed by atoms with van der Waals surface area (Å²) >= 11 is 0. The largest absolute Gasteiger partial charge is 0.299 e. The highest BCUT2D eigenvalue weighted by molar-refractivity contribution is 5.82. The second-order valence-corrected chi connectivity index (χ2v) is 3.21. The van der Waals surface area contributed by atoms with Gasteiger partial charge < -0.3 is 0 Å². The maximum atomic E-state index is 11.0. The van der Waals surface area contributed by atoms with Crippen LogP contribution in [-0.4, -0.2) is 5.78 Å². The SMILES string of the molecule is CC(C)[C@H]1CCCC1=O. The summed E-state index contributed by atoms with van der Waals surface area (Å²) in [6, 6.07) is 0. The lowest BCUT2D eigenvalue weighted by Gasteiger charge is -2.10. The summed E-state index contributed by atoms with van der Waals surface area (Å²) in [6.07, 6.45) is 3.10. The average molecular weight is 126 g/mol. The van der Waals surface area contributed by atoms with E-state index in [0.717, 1.165) is 19.3 Å². The van der Waals surface area contributed by atoms with Gasteiger partial charge >= 0.3 is 0 Å². The van der Waals surface area contributed by atoms with E-state index in [1.807, 2.05) is 0 Å². The van der Waals surface area contributed by atoms with Crippen LogP contribution in [0.25, 0.3) is 0 Å². The fourth-order valence-corrected chi connectivity index (χ4v) is 1.55. The minimum atomic E-state index is 0.394. The molecule has 0 aromatic carbocycles. The van der Waals surface area contributed by atoms with Gasteiger partial charge in [0, 0.05) is 12.3 Å². The molecule has 1 heteroatoms. The first-order chi connectivity index (χ1) is 4.22. The van der Waals surface area contributed by atoms with Gasteiger partial charge in [-0.3, -0.25) is 4.79 Å². The summed E-state index contributed by atoms with van der Waals surface area (Å²) in [5.41, 5.74) is 0. The van der Waals surface area contributed by atoms with Crippen LogP contribution in [0.2, 0.25) is 0 Å². The van der Waals surface area contributed by atoms with E-state index in [4.69, 9.17) is 0 Å². The van der Waals surface area contributed by atoms with Crippen LogP contribution in [0.4, 0.5) is 0 Å². The Kier molecular flexibility index (Phi) is 1.89. The number of ketones is 1. The van der Waals surface area contributed by atoms with Crippen molar-refractivity contribution in [2.75, 3.05) is 0 Å². The Morgan fingerprint density at radius 2 is 2.22 bits per heavy atom. The van der Waals surface area contributed by atoms with Crippen molar-refractivity contribution in [3.05, 3.63) is 0 Å². The average Bonchev–Trinajstić information content (AvgIpc) is 2.13. The predicted octanol–water partition coefficient (Wildman–Crippen LogP) is 2.01. The van der Waals surface area contributed by atoms with E-state index in [0.29, 0.717) is 17.6 Å². The van der Waals surface area contributed by atoms with Crippen LogP contribution in [0.3, 0.4) is 0 Å². The van der Waals surface area contributed by atoms with Gasteiger partial charge in [-0.1, -0.05) is 13.8 Å². The predicted molar refractivity (Wildman–Crippen MR) is 37.2 cm³/mol. The van der Waals surface area contributed by atoms with Crippen LogP contribution in [0.5, 0.6) is 0 Å². The van der Waals surface area contributed by atoms with Crippen LogP contribution < -0.4 is 0 Å².